The summed E-state index contributed by atoms with van der Waals surface area (Å²) >= 11 is 12.2. The van der Waals surface area contributed by atoms with E-state index in [2.05, 4.69) is 40.5 Å². The normalized spacial score (nSPS) is 16.9. The van der Waals surface area contributed by atoms with Crippen molar-refractivity contribution in [2.45, 2.75) is 31.8 Å². The number of benzene rings is 2. The van der Waals surface area contributed by atoms with Crippen LogP contribution in [0.15, 0.2) is 48.5 Å². The van der Waals surface area contributed by atoms with E-state index in [1.807, 2.05) is 12.1 Å². The van der Waals surface area contributed by atoms with Crippen LogP contribution in [0.5, 0.6) is 0 Å². The smallest absolute Gasteiger partial charge is 0.0472 e. The summed E-state index contributed by atoms with van der Waals surface area (Å²) in [5, 5.41) is 4.99. The van der Waals surface area contributed by atoms with Gasteiger partial charge in [-0.3, -0.25) is 4.90 Å². The molecule has 0 amide bonds. The average molecular weight is 363 g/mol. The molecule has 0 spiro atoms. The lowest BCUT2D eigenvalue weighted by Crippen LogP contribution is -2.39. The second kappa shape index (κ2) is 8.87. The van der Waals surface area contributed by atoms with E-state index < -0.39 is 0 Å². The molecule has 0 radical (unpaired) electrons. The first-order valence-corrected chi connectivity index (χ1v) is 9.43. The summed E-state index contributed by atoms with van der Waals surface area (Å²) in [5.74, 6) is 0. The molecule has 24 heavy (non-hydrogen) atoms. The Morgan fingerprint density at radius 2 is 1.71 bits per heavy atom. The van der Waals surface area contributed by atoms with Crippen LogP contribution in [-0.2, 0) is 6.54 Å². The number of likely N-dealkylation sites (tertiary alicyclic amines) is 1. The second-order valence-electron chi connectivity index (χ2n) is 6.39. The van der Waals surface area contributed by atoms with Gasteiger partial charge in [-0.15, -0.1) is 0 Å². The van der Waals surface area contributed by atoms with E-state index in [0.29, 0.717) is 11.1 Å². The SMILES string of the molecule is Clc1ccc(CNCC(c2ccccc2)N2CCCCC2)c(Cl)c1. The Hall–Kier alpha value is -1.06. The van der Waals surface area contributed by atoms with Crippen molar-refractivity contribution < 1.29 is 0 Å². The Morgan fingerprint density at radius 1 is 0.958 bits per heavy atom. The highest BCUT2D eigenvalue weighted by molar-refractivity contribution is 6.35. The van der Waals surface area contributed by atoms with Gasteiger partial charge in [0.1, 0.15) is 0 Å². The molecule has 128 valence electrons. The fourth-order valence-electron chi connectivity index (χ4n) is 3.37. The molecular weight excluding hydrogens is 339 g/mol. The van der Waals surface area contributed by atoms with Gasteiger partial charge in [-0.2, -0.15) is 0 Å². The molecule has 0 saturated carbocycles. The molecule has 1 atom stereocenters. The molecule has 1 heterocycles. The molecule has 0 bridgehead atoms. The quantitative estimate of drug-likeness (QED) is 0.748. The maximum atomic E-state index is 6.28. The van der Waals surface area contributed by atoms with Gasteiger partial charge in [0.2, 0.25) is 0 Å². The number of halogens is 2. The van der Waals surface area contributed by atoms with Crippen molar-refractivity contribution >= 4 is 23.2 Å². The highest BCUT2D eigenvalue weighted by Gasteiger charge is 2.21. The van der Waals surface area contributed by atoms with Crippen molar-refractivity contribution in [2.24, 2.45) is 0 Å². The van der Waals surface area contributed by atoms with Gasteiger partial charge in [0.15, 0.2) is 0 Å². The first-order valence-electron chi connectivity index (χ1n) is 8.67. The number of nitrogens with one attached hydrogen (secondary N) is 1. The molecule has 4 heteroatoms. The van der Waals surface area contributed by atoms with Crippen LogP contribution < -0.4 is 5.32 Å². The van der Waals surface area contributed by atoms with Crippen LogP contribution in [0.25, 0.3) is 0 Å². The first-order chi connectivity index (χ1) is 11.7. The molecule has 1 saturated heterocycles. The number of rotatable bonds is 6. The molecule has 1 aliphatic heterocycles. The zero-order valence-corrected chi connectivity index (χ0v) is 15.4. The Balaban J connectivity index is 1.65. The molecule has 1 unspecified atom stereocenters. The highest BCUT2D eigenvalue weighted by atomic mass is 35.5. The van der Waals surface area contributed by atoms with Crippen LogP contribution in [0.4, 0.5) is 0 Å². The molecule has 3 rings (SSSR count). The van der Waals surface area contributed by atoms with E-state index in [4.69, 9.17) is 23.2 Å². The molecule has 2 aromatic rings. The predicted octanol–water partition coefficient (Wildman–Crippen LogP) is 5.31. The summed E-state index contributed by atoms with van der Waals surface area (Å²) in [6.07, 6.45) is 3.95. The van der Waals surface area contributed by atoms with Crippen LogP contribution in [0.1, 0.15) is 36.4 Å². The van der Waals surface area contributed by atoms with Crippen LogP contribution in [0, 0.1) is 0 Å². The van der Waals surface area contributed by atoms with Gasteiger partial charge in [0, 0.05) is 29.2 Å². The lowest BCUT2D eigenvalue weighted by atomic mass is 10.0. The van der Waals surface area contributed by atoms with Gasteiger partial charge < -0.3 is 5.32 Å². The maximum Gasteiger partial charge on any atom is 0.0472 e. The number of hydrogen-bond donors (Lipinski definition) is 1. The second-order valence-corrected chi connectivity index (χ2v) is 7.23. The van der Waals surface area contributed by atoms with Gasteiger partial charge in [0.05, 0.1) is 0 Å². The molecule has 1 fully saturated rings. The number of piperidine rings is 1. The van der Waals surface area contributed by atoms with Crippen LogP contribution in [0.3, 0.4) is 0 Å². The summed E-state index contributed by atoms with van der Waals surface area (Å²) in [7, 11) is 0. The van der Waals surface area contributed by atoms with Crippen molar-refractivity contribution in [1.82, 2.24) is 10.2 Å². The zero-order valence-electron chi connectivity index (χ0n) is 13.8. The molecular formula is C20H24Cl2N2. The maximum absolute atomic E-state index is 6.28. The fraction of sp³-hybridized carbons (Fsp3) is 0.400. The minimum absolute atomic E-state index is 0.414. The highest BCUT2D eigenvalue weighted by Crippen LogP contribution is 2.25. The van der Waals surface area contributed by atoms with Crippen LogP contribution in [0.2, 0.25) is 10.0 Å². The van der Waals surface area contributed by atoms with E-state index >= 15 is 0 Å². The molecule has 2 aromatic carbocycles. The molecule has 1 aliphatic rings. The third kappa shape index (κ3) is 4.73. The topological polar surface area (TPSA) is 15.3 Å². The molecule has 1 N–H and O–H groups in total. The summed E-state index contributed by atoms with van der Waals surface area (Å²) in [6, 6.07) is 16.9. The zero-order chi connectivity index (χ0) is 16.8. The summed E-state index contributed by atoms with van der Waals surface area (Å²) in [5.41, 5.74) is 2.47. The van der Waals surface area contributed by atoms with Crippen molar-refractivity contribution in [3.8, 4) is 0 Å². The molecule has 0 aliphatic carbocycles. The summed E-state index contributed by atoms with van der Waals surface area (Å²) in [4.78, 5) is 2.61. The van der Waals surface area contributed by atoms with E-state index in [0.717, 1.165) is 23.7 Å². The van der Waals surface area contributed by atoms with Crippen molar-refractivity contribution in [3.05, 3.63) is 69.7 Å². The standard InChI is InChI=1S/C20H24Cl2N2/c21-18-10-9-17(19(22)13-18)14-23-15-20(16-7-3-1-4-8-16)24-11-5-2-6-12-24/h1,3-4,7-10,13,20,23H,2,5-6,11-12,14-15H2. The summed E-state index contributed by atoms with van der Waals surface area (Å²) in [6.45, 7) is 4.04. The summed E-state index contributed by atoms with van der Waals surface area (Å²) < 4.78 is 0. The Bertz CT molecular complexity index is 639. The van der Waals surface area contributed by atoms with Gasteiger partial charge in [-0.05, 0) is 49.2 Å². The minimum Gasteiger partial charge on any atom is -0.311 e. The van der Waals surface area contributed by atoms with Crippen LogP contribution in [-0.4, -0.2) is 24.5 Å². The Morgan fingerprint density at radius 3 is 2.42 bits per heavy atom. The third-order valence-corrected chi connectivity index (χ3v) is 5.27. The lowest BCUT2D eigenvalue weighted by molar-refractivity contribution is 0.160. The monoisotopic (exact) mass is 362 g/mol. The Labute approximate surface area is 154 Å². The van der Waals surface area contributed by atoms with Gasteiger partial charge in [-0.1, -0.05) is 66.0 Å². The average Bonchev–Trinajstić information content (AvgIpc) is 2.62. The van der Waals surface area contributed by atoms with Crippen LogP contribution >= 0.6 is 23.2 Å². The predicted molar refractivity (Wildman–Crippen MR) is 103 cm³/mol. The Kier molecular flexibility index (Phi) is 6.56. The van der Waals surface area contributed by atoms with E-state index in [9.17, 15) is 0 Å². The first kappa shape index (κ1) is 17.8. The van der Waals surface area contributed by atoms with E-state index in [-0.39, 0.29) is 0 Å². The largest absolute Gasteiger partial charge is 0.311 e. The van der Waals surface area contributed by atoms with Gasteiger partial charge >= 0.3 is 0 Å². The molecule has 2 nitrogen and oxygen atoms in total. The third-order valence-electron chi connectivity index (χ3n) is 4.68. The van der Waals surface area contributed by atoms with Gasteiger partial charge in [0.25, 0.3) is 0 Å². The van der Waals surface area contributed by atoms with E-state index in [1.54, 1.807) is 6.07 Å². The molecule has 0 aromatic heterocycles. The fourth-order valence-corrected chi connectivity index (χ4v) is 3.85. The van der Waals surface area contributed by atoms with Gasteiger partial charge in [-0.25, -0.2) is 0 Å². The number of nitrogens with zero attached hydrogens (tertiary/aromatic N) is 1. The van der Waals surface area contributed by atoms with Crippen molar-refractivity contribution in [2.75, 3.05) is 19.6 Å². The van der Waals surface area contributed by atoms with Crippen molar-refractivity contribution in [3.63, 3.8) is 0 Å². The minimum atomic E-state index is 0.414. The lowest BCUT2D eigenvalue weighted by Gasteiger charge is -2.35. The van der Waals surface area contributed by atoms with E-state index in [1.165, 1.54) is 37.9 Å². The van der Waals surface area contributed by atoms with Crippen molar-refractivity contribution in [1.29, 1.82) is 0 Å². The number of hydrogen-bond acceptors (Lipinski definition) is 2.